The zero-order chi connectivity index (χ0) is 11.8. The summed E-state index contributed by atoms with van der Waals surface area (Å²) in [6, 6.07) is 7.17. The molecule has 0 aliphatic rings. The van der Waals surface area contributed by atoms with E-state index < -0.39 is 6.10 Å². The standard InChI is InChI=1S/C12H19NO3/c1-2-15-6-7-16-9-12(14)10-4-3-5-11(13)8-10/h3-5,8,12,14H,2,6-7,9,13H2,1H3. The normalized spacial score (nSPS) is 12.6. The van der Waals surface area contributed by atoms with Gasteiger partial charge in [0.25, 0.3) is 0 Å². The number of benzene rings is 1. The van der Waals surface area contributed by atoms with Gasteiger partial charge in [-0.1, -0.05) is 12.1 Å². The molecule has 90 valence electrons. The van der Waals surface area contributed by atoms with E-state index in [1.165, 1.54) is 0 Å². The first-order chi connectivity index (χ1) is 7.74. The molecule has 0 saturated heterocycles. The summed E-state index contributed by atoms with van der Waals surface area (Å²) in [5.74, 6) is 0. The molecule has 4 nitrogen and oxygen atoms in total. The molecular weight excluding hydrogens is 206 g/mol. The van der Waals surface area contributed by atoms with Gasteiger partial charge in [0.1, 0.15) is 6.10 Å². The van der Waals surface area contributed by atoms with Crippen LogP contribution >= 0.6 is 0 Å². The van der Waals surface area contributed by atoms with Gasteiger partial charge in [-0.3, -0.25) is 0 Å². The van der Waals surface area contributed by atoms with Crippen LogP contribution in [-0.2, 0) is 9.47 Å². The third kappa shape index (κ3) is 4.61. The van der Waals surface area contributed by atoms with Crippen molar-refractivity contribution in [1.82, 2.24) is 0 Å². The summed E-state index contributed by atoms with van der Waals surface area (Å²) >= 11 is 0. The fraction of sp³-hybridized carbons (Fsp3) is 0.500. The van der Waals surface area contributed by atoms with Crippen LogP contribution < -0.4 is 5.73 Å². The quantitative estimate of drug-likeness (QED) is 0.543. The fourth-order valence-electron chi connectivity index (χ4n) is 1.32. The van der Waals surface area contributed by atoms with Gasteiger partial charge in [-0.2, -0.15) is 0 Å². The van der Waals surface area contributed by atoms with Gasteiger partial charge < -0.3 is 20.3 Å². The number of ether oxygens (including phenoxy) is 2. The Hall–Kier alpha value is -1.10. The molecule has 0 aliphatic carbocycles. The summed E-state index contributed by atoms with van der Waals surface area (Å²) in [6.45, 7) is 3.92. The average molecular weight is 225 g/mol. The number of anilines is 1. The molecule has 0 saturated carbocycles. The van der Waals surface area contributed by atoms with Crippen LogP contribution in [0.4, 0.5) is 5.69 Å². The van der Waals surface area contributed by atoms with Crippen molar-refractivity contribution in [2.75, 3.05) is 32.2 Å². The molecule has 0 spiro atoms. The van der Waals surface area contributed by atoms with Crippen molar-refractivity contribution >= 4 is 5.69 Å². The largest absolute Gasteiger partial charge is 0.399 e. The third-order valence-electron chi connectivity index (χ3n) is 2.15. The maximum Gasteiger partial charge on any atom is 0.102 e. The topological polar surface area (TPSA) is 64.7 Å². The van der Waals surface area contributed by atoms with E-state index in [2.05, 4.69) is 0 Å². The monoisotopic (exact) mass is 225 g/mol. The minimum absolute atomic E-state index is 0.260. The Morgan fingerprint density at radius 3 is 2.75 bits per heavy atom. The van der Waals surface area contributed by atoms with Crippen molar-refractivity contribution in [1.29, 1.82) is 0 Å². The van der Waals surface area contributed by atoms with Crippen LogP contribution in [0.1, 0.15) is 18.6 Å². The van der Waals surface area contributed by atoms with Crippen molar-refractivity contribution in [3.63, 3.8) is 0 Å². The van der Waals surface area contributed by atoms with Crippen molar-refractivity contribution in [3.05, 3.63) is 29.8 Å². The highest BCUT2D eigenvalue weighted by Gasteiger charge is 2.07. The van der Waals surface area contributed by atoms with Crippen LogP contribution in [0.25, 0.3) is 0 Å². The molecule has 1 rings (SSSR count). The number of nitrogen functional groups attached to an aromatic ring is 1. The van der Waals surface area contributed by atoms with Gasteiger partial charge in [-0.15, -0.1) is 0 Å². The van der Waals surface area contributed by atoms with Gasteiger partial charge in [-0.05, 0) is 24.6 Å². The van der Waals surface area contributed by atoms with E-state index in [4.69, 9.17) is 15.2 Å². The van der Waals surface area contributed by atoms with Gasteiger partial charge in [0.15, 0.2) is 0 Å². The molecule has 1 aromatic rings. The molecule has 4 heteroatoms. The highest BCUT2D eigenvalue weighted by atomic mass is 16.5. The highest BCUT2D eigenvalue weighted by Crippen LogP contribution is 2.15. The molecule has 1 unspecified atom stereocenters. The average Bonchev–Trinajstić information content (AvgIpc) is 2.28. The number of rotatable bonds is 7. The van der Waals surface area contributed by atoms with Gasteiger partial charge in [0.2, 0.25) is 0 Å². The highest BCUT2D eigenvalue weighted by molar-refractivity contribution is 5.41. The molecule has 0 heterocycles. The van der Waals surface area contributed by atoms with Crippen molar-refractivity contribution < 1.29 is 14.6 Å². The Morgan fingerprint density at radius 2 is 2.06 bits per heavy atom. The lowest BCUT2D eigenvalue weighted by atomic mass is 10.1. The molecular formula is C12H19NO3. The molecule has 0 radical (unpaired) electrons. The first-order valence-electron chi connectivity index (χ1n) is 5.43. The minimum atomic E-state index is -0.634. The molecule has 1 atom stereocenters. The lowest BCUT2D eigenvalue weighted by Crippen LogP contribution is -2.11. The maximum absolute atomic E-state index is 9.78. The molecule has 1 aromatic carbocycles. The Bertz CT molecular complexity index is 304. The lowest BCUT2D eigenvalue weighted by Gasteiger charge is -2.12. The van der Waals surface area contributed by atoms with E-state index in [0.717, 1.165) is 5.56 Å². The van der Waals surface area contributed by atoms with Crippen LogP contribution in [0.15, 0.2) is 24.3 Å². The second-order valence-electron chi connectivity index (χ2n) is 3.46. The number of nitrogens with two attached hydrogens (primary N) is 1. The molecule has 3 N–H and O–H groups in total. The Balaban J connectivity index is 2.27. The van der Waals surface area contributed by atoms with Crippen molar-refractivity contribution in [3.8, 4) is 0 Å². The Labute approximate surface area is 96.0 Å². The maximum atomic E-state index is 9.78. The van der Waals surface area contributed by atoms with Crippen molar-refractivity contribution in [2.24, 2.45) is 0 Å². The van der Waals surface area contributed by atoms with Crippen LogP contribution in [0.5, 0.6) is 0 Å². The fourth-order valence-corrected chi connectivity index (χ4v) is 1.32. The lowest BCUT2D eigenvalue weighted by molar-refractivity contribution is 0.00533. The SMILES string of the molecule is CCOCCOCC(O)c1cccc(N)c1. The zero-order valence-corrected chi connectivity index (χ0v) is 9.56. The molecule has 0 amide bonds. The molecule has 0 fully saturated rings. The van der Waals surface area contributed by atoms with Gasteiger partial charge in [0, 0.05) is 12.3 Å². The van der Waals surface area contributed by atoms with E-state index >= 15 is 0 Å². The smallest absolute Gasteiger partial charge is 0.102 e. The van der Waals surface area contributed by atoms with Crippen LogP contribution in [0.2, 0.25) is 0 Å². The van der Waals surface area contributed by atoms with Crippen LogP contribution in [0, 0.1) is 0 Å². The van der Waals surface area contributed by atoms with E-state index in [1.54, 1.807) is 12.1 Å². The summed E-state index contributed by atoms with van der Waals surface area (Å²) in [4.78, 5) is 0. The second-order valence-corrected chi connectivity index (χ2v) is 3.46. The van der Waals surface area contributed by atoms with Gasteiger partial charge in [-0.25, -0.2) is 0 Å². The Kier molecular flexibility index (Phi) is 5.85. The van der Waals surface area contributed by atoms with E-state index in [0.29, 0.717) is 25.5 Å². The summed E-state index contributed by atoms with van der Waals surface area (Å²) in [6.07, 6.45) is -0.634. The summed E-state index contributed by atoms with van der Waals surface area (Å²) in [7, 11) is 0. The summed E-state index contributed by atoms with van der Waals surface area (Å²) in [5, 5.41) is 9.78. The first kappa shape index (κ1) is 13.0. The zero-order valence-electron chi connectivity index (χ0n) is 9.56. The summed E-state index contributed by atoms with van der Waals surface area (Å²) < 4.78 is 10.4. The molecule has 0 bridgehead atoms. The second kappa shape index (κ2) is 7.22. The predicted molar refractivity (Wildman–Crippen MR) is 63.1 cm³/mol. The predicted octanol–water partition coefficient (Wildman–Crippen LogP) is 1.36. The minimum Gasteiger partial charge on any atom is -0.399 e. The van der Waals surface area contributed by atoms with E-state index in [1.807, 2.05) is 19.1 Å². The number of hydrogen-bond acceptors (Lipinski definition) is 4. The van der Waals surface area contributed by atoms with E-state index in [-0.39, 0.29) is 6.61 Å². The van der Waals surface area contributed by atoms with E-state index in [9.17, 15) is 5.11 Å². The third-order valence-corrected chi connectivity index (χ3v) is 2.15. The van der Waals surface area contributed by atoms with Crippen LogP contribution in [-0.4, -0.2) is 31.5 Å². The number of aliphatic hydroxyl groups is 1. The number of aliphatic hydroxyl groups excluding tert-OH is 1. The molecule has 0 aliphatic heterocycles. The van der Waals surface area contributed by atoms with Gasteiger partial charge in [0.05, 0.1) is 19.8 Å². The van der Waals surface area contributed by atoms with Gasteiger partial charge >= 0.3 is 0 Å². The first-order valence-corrected chi connectivity index (χ1v) is 5.43. The van der Waals surface area contributed by atoms with Crippen molar-refractivity contribution in [2.45, 2.75) is 13.0 Å². The number of hydrogen-bond donors (Lipinski definition) is 2. The Morgan fingerprint density at radius 1 is 1.31 bits per heavy atom. The molecule has 16 heavy (non-hydrogen) atoms. The summed E-state index contributed by atoms with van der Waals surface area (Å²) in [5.41, 5.74) is 7.04. The van der Waals surface area contributed by atoms with Crippen LogP contribution in [0.3, 0.4) is 0 Å². The molecule has 0 aromatic heterocycles.